The van der Waals surface area contributed by atoms with E-state index in [1.54, 1.807) is 0 Å². The van der Waals surface area contributed by atoms with Gasteiger partial charge in [0.05, 0.1) is 0 Å². The summed E-state index contributed by atoms with van der Waals surface area (Å²) >= 11 is 0. The van der Waals surface area contributed by atoms with Crippen LogP contribution < -0.4 is 5.32 Å². The van der Waals surface area contributed by atoms with E-state index < -0.39 is 29.1 Å². The highest BCUT2D eigenvalue weighted by Crippen LogP contribution is 2.46. The van der Waals surface area contributed by atoms with Gasteiger partial charge in [-0.25, -0.2) is 8.78 Å². The van der Waals surface area contributed by atoms with Gasteiger partial charge in [0, 0.05) is 19.2 Å². The molecule has 126 valence electrons. The van der Waals surface area contributed by atoms with Gasteiger partial charge in [-0.15, -0.1) is 0 Å². The lowest BCUT2D eigenvalue weighted by atomic mass is 9.67. The van der Waals surface area contributed by atoms with E-state index in [0.29, 0.717) is 12.1 Å². The van der Waals surface area contributed by atoms with E-state index in [0.717, 1.165) is 25.9 Å². The van der Waals surface area contributed by atoms with Crippen molar-refractivity contribution in [1.82, 2.24) is 10.2 Å². The zero-order valence-corrected chi connectivity index (χ0v) is 13.2. The number of likely N-dealkylation sites (tertiary alicyclic amines) is 1. The van der Waals surface area contributed by atoms with Crippen LogP contribution in [0, 0.1) is 11.6 Å². The second-order valence-electron chi connectivity index (χ2n) is 6.67. The van der Waals surface area contributed by atoms with Crippen LogP contribution in [0.4, 0.5) is 8.78 Å². The molecule has 1 aromatic rings. The van der Waals surface area contributed by atoms with Crippen LogP contribution in [0.5, 0.6) is 0 Å². The second kappa shape index (κ2) is 6.17. The Morgan fingerprint density at radius 1 is 1.30 bits per heavy atom. The normalized spacial score (nSPS) is 27.7. The highest BCUT2D eigenvalue weighted by molar-refractivity contribution is 5.86. The molecule has 2 N–H and O–H groups in total. The molecule has 4 nitrogen and oxygen atoms in total. The Morgan fingerprint density at radius 3 is 2.39 bits per heavy atom. The average Bonchev–Trinajstić information content (AvgIpc) is 2.96. The minimum absolute atomic E-state index is 0.0104. The first kappa shape index (κ1) is 16.3. The molecule has 1 aromatic carbocycles. The average molecular weight is 324 g/mol. The highest BCUT2D eigenvalue weighted by atomic mass is 19.1. The van der Waals surface area contributed by atoms with Crippen LogP contribution in [0.15, 0.2) is 12.1 Å². The van der Waals surface area contributed by atoms with Gasteiger partial charge >= 0.3 is 0 Å². The minimum atomic E-state index is -1.51. The van der Waals surface area contributed by atoms with E-state index in [1.807, 2.05) is 0 Å². The van der Waals surface area contributed by atoms with Crippen molar-refractivity contribution >= 4 is 5.91 Å². The number of likely N-dealkylation sites (N-methyl/N-ethyl adjacent to an activating group) is 1. The first-order valence-electron chi connectivity index (χ1n) is 8.07. The van der Waals surface area contributed by atoms with Crippen LogP contribution >= 0.6 is 0 Å². The Hall–Kier alpha value is -1.53. The van der Waals surface area contributed by atoms with Gasteiger partial charge in [-0.05, 0) is 62.4 Å². The fraction of sp³-hybridized carbons (Fsp3) is 0.588. The Bertz CT molecular complexity index is 586. The third kappa shape index (κ3) is 3.10. The number of carbonyl (C=O) groups excluding carboxylic acids is 1. The monoisotopic (exact) mass is 324 g/mol. The molecule has 1 saturated heterocycles. The first-order valence-corrected chi connectivity index (χ1v) is 8.07. The van der Waals surface area contributed by atoms with Gasteiger partial charge in [-0.1, -0.05) is 0 Å². The molecule has 1 amide bonds. The smallest absolute Gasteiger partial charge is 0.251 e. The molecule has 2 aliphatic rings. The number of nitrogens with zero attached hydrogens (tertiary/aromatic N) is 1. The van der Waals surface area contributed by atoms with Gasteiger partial charge in [-0.3, -0.25) is 9.69 Å². The van der Waals surface area contributed by atoms with E-state index >= 15 is 0 Å². The summed E-state index contributed by atoms with van der Waals surface area (Å²) in [6.45, 7) is 2.49. The number of nitrogens with one attached hydrogen (secondary N) is 1. The molecule has 23 heavy (non-hydrogen) atoms. The molecule has 0 radical (unpaired) electrons. The van der Waals surface area contributed by atoms with Gasteiger partial charge in [-0.2, -0.15) is 0 Å². The number of hydrogen-bond acceptors (Lipinski definition) is 3. The van der Waals surface area contributed by atoms with Crippen molar-refractivity contribution in [2.24, 2.45) is 0 Å². The standard InChI is InChI=1S/C17H22F2N2O2/c1-20-16(22)17(23)8-12(9-17)15-13(18)6-11(7-14(15)19)10-21-4-2-3-5-21/h6-7,12,23H,2-5,8-10H2,1H3,(H,20,22). The molecule has 6 heteroatoms. The second-order valence-corrected chi connectivity index (χ2v) is 6.67. The maximum absolute atomic E-state index is 14.4. The fourth-order valence-corrected chi connectivity index (χ4v) is 3.69. The third-order valence-electron chi connectivity index (χ3n) is 4.97. The van der Waals surface area contributed by atoms with Gasteiger partial charge < -0.3 is 10.4 Å². The molecule has 1 heterocycles. The SMILES string of the molecule is CNC(=O)C1(O)CC(c2c(F)cc(CN3CCCC3)cc2F)C1. The molecule has 0 atom stereocenters. The van der Waals surface area contributed by atoms with Crippen LogP contribution in [0.1, 0.15) is 42.7 Å². The summed E-state index contributed by atoms with van der Waals surface area (Å²) in [5.74, 6) is -2.12. The van der Waals surface area contributed by atoms with Gasteiger partial charge in [0.1, 0.15) is 17.2 Å². The number of hydrogen-bond donors (Lipinski definition) is 2. The maximum Gasteiger partial charge on any atom is 0.251 e. The Kier molecular flexibility index (Phi) is 4.38. The lowest BCUT2D eigenvalue weighted by molar-refractivity contribution is -0.150. The van der Waals surface area contributed by atoms with Crippen molar-refractivity contribution in [2.45, 2.75) is 43.7 Å². The number of carbonyl (C=O) groups is 1. The van der Waals surface area contributed by atoms with Crippen molar-refractivity contribution in [3.8, 4) is 0 Å². The largest absolute Gasteiger partial charge is 0.380 e. The summed E-state index contributed by atoms with van der Waals surface area (Å²) in [4.78, 5) is 13.7. The Balaban J connectivity index is 1.73. The van der Waals surface area contributed by atoms with E-state index in [1.165, 1.54) is 19.2 Å². The number of amides is 1. The highest BCUT2D eigenvalue weighted by Gasteiger charge is 2.50. The zero-order valence-electron chi connectivity index (χ0n) is 13.2. The predicted octanol–water partition coefficient (Wildman–Crippen LogP) is 1.92. The summed E-state index contributed by atoms with van der Waals surface area (Å²) in [7, 11) is 1.43. The molecule has 2 fully saturated rings. The first-order chi connectivity index (χ1) is 10.9. The molecule has 1 saturated carbocycles. The molecule has 1 aliphatic heterocycles. The topological polar surface area (TPSA) is 52.6 Å². The lowest BCUT2D eigenvalue weighted by Crippen LogP contribution is -2.54. The van der Waals surface area contributed by atoms with Crippen LogP contribution in [-0.4, -0.2) is 41.7 Å². The van der Waals surface area contributed by atoms with Crippen LogP contribution in [0.2, 0.25) is 0 Å². The van der Waals surface area contributed by atoms with Gasteiger partial charge in [0.25, 0.3) is 5.91 Å². The summed E-state index contributed by atoms with van der Waals surface area (Å²) in [6.07, 6.45) is 2.35. The van der Waals surface area contributed by atoms with E-state index in [2.05, 4.69) is 10.2 Å². The van der Waals surface area contributed by atoms with Crippen LogP contribution in [-0.2, 0) is 11.3 Å². The van der Waals surface area contributed by atoms with Crippen LogP contribution in [0.3, 0.4) is 0 Å². The molecular weight excluding hydrogens is 302 g/mol. The molecule has 0 spiro atoms. The number of aliphatic hydroxyl groups is 1. The quantitative estimate of drug-likeness (QED) is 0.890. The summed E-state index contributed by atoms with van der Waals surface area (Å²) in [5, 5.41) is 12.4. The minimum Gasteiger partial charge on any atom is -0.380 e. The summed E-state index contributed by atoms with van der Waals surface area (Å²) in [5.41, 5.74) is -0.887. The van der Waals surface area contributed by atoms with E-state index in [9.17, 15) is 18.7 Å². The van der Waals surface area contributed by atoms with Gasteiger partial charge in [0.15, 0.2) is 0 Å². The molecular formula is C17H22F2N2O2. The summed E-state index contributed by atoms with van der Waals surface area (Å²) < 4.78 is 28.7. The maximum atomic E-state index is 14.4. The number of rotatable bonds is 4. The van der Waals surface area contributed by atoms with Crippen molar-refractivity contribution in [3.63, 3.8) is 0 Å². The fourth-order valence-electron chi connectivity index (χ4n) is 3.69. The lowest BCUT2D eigenvalue weighted by Gasteiger charge is -2.42. The molecule has 0 bridgehead atoms. The van der Waals surface area contributed by atoms with Crippen LogP contribution in [0.25, 0.3) is 0 Å². The molecule has 0 unspecified atom stereocenters. The predicted molar refractivity (Wildman–Crippen MR) is 81.9 cm³/mol. The number of halogens is 2. The van der Waals surface area contributed by atoms with Crippen molar-refractivity contribution in [1.29, 1.82) is 0 Å². The number of benzene rings is 1. The van der Waals surface area contributed by atoms with E-state index in [4.69, 9.17) is 0 Å². The third-order valence-corrected chi connectivity index (χ3v) is 4.97. The van der Waals surface area contributed by atoms with Crippen molar-refractivity contribution in [3.05, 3.63) is 34.9 Å². The van der Waals surface area contributed by atoms with Crippen molar-refractivity contribution < 1.29 is 18.7 Å². The zero-order chi connectivity index (χ0) is 16.6. The molecule has 0 aromatic heterocycles. The van der Waals surface area contributed by atoms with Gasteiger partial charge in [0.2, 0.25) is 0 Å². The van der Waals surface area contributed by atoms with E-state index in [-0.39, 0.29) is 18.4 Å². The Morgan fingerprint density at radius 2 is 1.87 bits per heavy atom. The summed E-state index contributed by atoms with van der Waals surface area (Å²) in [6, 6.07) is 2.77. The van der Waals surface area contributed by atoms with Crippen molar-refractivity contribution in [2.75, 3.05) is 20.1 Å². The molecule has 3 rings (SSSR count). The Labute approximate surface area is 134 Å². The molecule has 1 aliphatic carbocycles.